The van der Waals surface area contributed by atoms with Gasteiger partial charge in [0.15, 0.2) is 0 Å². The van der Waals surface area contributed by atoms with Crippen LogP contribution in [0.5, 0.6) is 0 Å². The maximum Gasteiger partial charge on any atom is 0.391 e. The molecule has 1 aliphatic carbocycles. The lowest BCUT2D eigenvalue weighted by atomic mass is 9.85. The molecule has 110 valence electrons. The van der Waals surface area contributed by atoms with Crippen LogP contribution in [0.3, 0.4) is 0 Å². The van der Waals surface area contributed by atoms with Gasteiger partial charge in [-0.1, -0.05) is 28.4 Å². The third-order valence-electron chi connectivity index (χ3n) is 3.56. The average Bonchev–Trinajstić information content (AvgIpc) is 2.38. The number of amides is 1. The number of nitrogens with one attached hydrogen (secondary N) is 1. The van der Waals surface area contributed by atoms with Crippen molar-refractivity contribution in [1.29, 1.82) is 0 Å². The molecule has 20 heavy (non-hydrogen) atoms. The van der Waals surface area contributed by atoms with Crippen molar-refractivity contribution in [2.24, 2.45) is 5.92 Å². The van der Waals surface area contributed by atoms with Gasteiger partial charge in [0.2, 0.25) is 0 Å². The second kappa shape index (κ2) is 6.16. The van der Waals surface area contributed by atoms with Crippen molar-refractivity contribution in [3.63, 3.8) is 0 Å². The number of hydrogen-bond acceptors (Lipinski definition) is 1. The fraction of sp³-hybridized carbons (Fsp3) is 0.500. The molecule has 1 amide bonds. The van der Waals surface area contributed by atoms with Crippen molar-refractivity contribution in [3.8, 4) is 0 Å². The van der Waals surface area contributed by atoms with Gasteiger partial charge in [-0.15, -0.1) is 0 Å². The number of halogens is 4. The number of hydrogen-bond donors (Lipinski definition) is 1. The predicted molar refractivity (Wildman–Crippen MR) is 73.4 cm³/mol. The molecule has 1 fully saturated rings. The van der Waals surface area contributed by atoms with Crippen LogP contribution >= 0.6 is 15.9 Å². The van der Waals surface area contributed by atoms with E-state index in [4.69, 9.17) is 0 Å². The molecule has 2 rings (SSSR count). The summed E-state index contributed by atoms with van der Waals surface area (Å²) >= 11 is 3.26. The molecule has 0 spiro atoms. The second-order valence-corrected chi connectivity index (χ2v) is 6.00. The molecular formula is C14H15BrF3NO. The molecule has 0 aromatic heterocycles. The SMILES string of the molecule is O=C(NC1CCCC(C(F)(F)F)C1)c1cccc(Br)c1. The molecule has 2 nitrogen and oxygen atoms in total. The summed E-state index contributed by atoms with van der Waals surface area (Å²) in [5.74, 6) is -1.62. The lowest BCUT2D eigenvalue weighted by molar-refractivity contribution is -0.183. The van der Waals surface area contributed by atoms with Gasteiger partial charge in [0.25, 0.3) is 5.91 Å². The molecule has 1 aromatic rings. The summed E-state index contributed by atoms with van der Waals surface area (Å²) in [4.78, 5) is 12.0. The fourth-order valence-electron chi connectivity index (χ4n) is 2.52. The molecule has 2 atom stereocenters. The summed E-state index contributed by atoms with van der Waals surface area (Å²) in [6.07, 6.45) is -2.94. The maximum absolute atomic E-state index is 12.7. The summed E-state index contributed by atoms with van der Waals surface area (Å²) < 4.78 is 38.9. The zero-order valence-corrected chi connectivity index (χ0v) is 12.3. The van der Waals surface area contributed by atoms with E-state index in [1.54, 1.807) is 24.3 Å². The number of rotatable bonds is 2. The fourth-order valence-corrected chi connectivity index (χ4v) is 2.92. The second-order valence-electron chi connectivity index (χ2n) is 5.09. The van der Waals surface area contributed by atoms with E-state index in [1.165, 1.54) is 0 Å². The first-order valence-electron chi connectivity index (χ1n) is 6.49. The Bertz CT molecular complexity index is 490. The molecule has 0 bridgehead atoms. The van der Waals surface area contributed by atoms with Crippen LogP contribution in [0.1, 0.15) is 36.0 Å². The van der Waals surface area contributed by atoms with Gasteiger partial charge >= 0.3 is 6.18 Å². The van der Waals surface area contributed by atoms with Crippen LogP contribution in [0, 0.1) is 5.92 Å². The molecule has 1 aliphatic rings. The van der Waals surface area contributed by atoms with E-state index in [9.17, 15) is 18.0 Å². The highest BCUT2D eigenvalue weighted by Crippen LogP contribution is 2.37. The lowest BCUT2D eigenvalue weighted by Crippen LogP contribution is -2.41. The third-order valence-corrected chi connectivity index (χ3v) is 4.05. The van der Waals surface area contributed by atoms with E-state index in [0.717, 1.165) is 4.47 Å². The van der Waals surface area contributed by atoms with Crippen molar-refractivity contribution in [3.05, 3.63) is 34.3 Å². The van der Waals surface area contributed by atoms with Crippen LogP contribution < -0.4 is 5.32 Å². The van der Waals surface area contributed by atoms with Crippen molar-refractivity contribution >= 4 is 21.8 Å². The average molecular weight is 350 g/mol. The van der Waals surface area contributed by atoms with Crippen LogP contribution in [0.2, 0.25) is 0 Å². The predicted octanol–water partition coefficient (Wildman–Crippen LogP) is 4.30. The summed E-state index contributed by atoms with van der Waals surface area (Å²) in [6.45, 7) is 0. The van der Waals surface area contributed by atoms with Crippen LogP contribution in [-0.2, 0) is 0 Å². The molecule has 1 aromatic carbocycles. The van der Waals surface area contributed by atoms with Gasteiger partial charge in [-0.2, -0.15) is 13.2 Å². The molecule has 0 radical (unpaired) electrons. The highest BCUT2D eigenvalue weighted by Gasteiger charge is 2.42. The molecule has 0 saturated heterocycles. The summed E-state index contributed by atoms with van der Waals surface area (Å²) in [7, 11) is 0. The first-order chi connectivity index (χ1) is 9.36. The quantitative estimate of drug-likeness (QED) is 0.847. The van der Waals surface area contributed by atoms with Crippen molar-refractivity contribution in [2.75, 3.05) is 0 Å². The number of alkyl halides is 3. The van der Waals surface area contributed by atoms with E-state index in [1.807, 2.05) is 0 Å². The normalized spacial score (nSPS) is 23.4. The molecular weight excluding hydrogens is 335 g/mol. The third kappa shape index (κ3) is 3.98. The summed E-state index contributed by atoms with van der Waals surface area (Å²) in [5.41, 5.74) is 0.452. The minimum absolute atomic E-state index is 0.0246. The Morgan fingerprint density at radius 2 is 2.05 bits per heavy atom. The highest BCUT2D eigenvalue weighted by atomic mass is 79.9. The zero-order valence-electron chi connectivity index (χ0n) is 10.7. The highest BCUT2D eigenvalue weighted by molar-refractivity contribution is 9.10. The van der Waals surface area contributed by atoms with Gasteiger partial charge in [0, 0.05) is 16.1 Å². The number of carbonyl (C=O) groups is 1. The Morgan fingerprint density at radius 3 is 2.70 bits per heavy atom. The minimum atomic E-state index is -4.17. The summed E-state index contributed by atoms with van der Waals surface area (Å²) in [5, 5.41) is 2.70. The molecule has 0 aliphatic heterocycles. The largest absolute Gasteiger partial charge is 0.391 e. The Balaban J connectivity index is 1.98. The number of carbonyl (C=O) groups excluding carboxylic acids is 1. The van der Waals surface area contributed by atoms with Gasteiger partial charge < -0.3 is 5.32 Å². The van der Waals surface area contributed by atoms with E-state index >= 15 is 0 Å². The zero-order chi connectivity index (χ0) is 14.8. The van der Waals surface area contributed by atoms with Crippen LogP contribution in [0.25, 0.3) is 0 Å². The van der Waals surface area contributed by atoms with Crippen molar-refractivity contribution in [1.82, 2.24) is 5.32 Å². The van der Waals surface area contributed by atoms with Gasteiger partial charge in [-0.3, -0.25) is 4.79 Å². The summed E-state index contributed by atoms with van der Waals surface area (Å²) in [6, 6.07) is 6.40. The Labute approximate surface area is 123 Å². The van der Waals surface area contributed by atoms with Crippen molar-refractivity contribution in [2.45, 2.75) is 37.9 Å². The van der Waals surface area contributed by atoms with Gasteiger partial charge in [0.1, 0.15) is 0 Å². The van der Waals surface area contributed by atoms with Crippen LogP contribution in [0.4, 0.5) is 13.2 Å². The van der Waals surface area contributed by atoms with E-state index in [-0.39, 0.29) is 18.7 Å². The molecule has 6 heteroatoms. The van der Waals surface area contributed by atoms with Crippen LogP contribution in [-0.4, -0.2) is 18.1 Å². The Kier molecular flexibility index (Phi) is 4.73. The minimum Gasteiger partial charge on any atom is -0.349 e. The monoisotopic (exact) mass is 349 g/mol. The maximum atomic E-state index is 12.7. The molecule has 0 heterocycles. The van der Waals surface area contributed by atoms with Crippen molar-refractivity contribution < 1.29 is 18.0 Å². The topological polar surface area (TPSA) is 29.1 Å². The van der Waals surface area contributed by atoms with Gasteiger partial charge in [0.05, 0.1) is 5.92 Å². The standard InChI is InChI=1S/C14H15BrF3NO/c15-11-5-1-3-9(7-11)13(20)19-12-6-2-4-10(8-12)14(16,17)18/h1,3,5,7,10,12H,2,4,6,8H2,(H,19,20). The van der Waals surface area contributed by atoms with Crippen LogP contribution in [0.15, 0.2) is 28.7 Å². The Morgan fingerprint density at radius 1 is 1.30 bits per heavy atom. The van der Waals surface area contributed by atoms with Gasteiger partial charge in [-0.25, -0.2) is 0 Å². The smallest absolute Gasteiger partial charge is 0.349 e. The van der Waals surface area contributed by atoms with E-state index in [2.05, 4.69) is 21.2 Å². The molecule has 2 unspecified atom stereocenters. The lowest BCUT2D eigenvalue weighted by Gasteiger charge is -2.31. The van der Waals surface area contributed by atoms with E-state index < -0.39 is 18.1 Å². The van der Waals surface area contributed by atoms with Gasteiger partial charge in [-0.05, 0) is 37.5 Å². The first kappa shape index (κ1) is 15.4. The Hall–Kier alpha value is -1.04. The van der Waals surface area contributed by atoms with E-state index in [0.29, 0.717) is 18.4 Å². The molecule has 1 saturated carbocycles. The molecule has 1 N–H and O–H groups in total. The first-order valence-corrected chi connectivity index (χ1v) is 7.28. The number of benzene rings is 1.